The summed E-state index contributed by atoms with van der Waals surface area (Å²) in [6, 6.07) is 19.9. The maximum absolute atomic E-state index is 13.2. The molecule has 0 saturated carbocycles. The first-order chi connectivity index (χ1) is 17.4. The van der Waals surface area contributed by atoms with Crippen LogP contribution in [0, 0.1) is 10.5 Å². The van der Waals surface area contributed by atoms with Crippen molar-refractivity contribution in [2.75, 3.05) is 13.7 Å². The summed E-state index contributed by atoms with van der Waals surface area (Å²) in [6.45, 7) is 5.15. The molecule has 5 nitrogen and oxygen atoms in total. The lowest BCUT2D eigenvalue weighted by molar-refractivity contribution is -0.122. The third-order valence-corrected chi connectivity index (χ3v) is 7.78. The third-order valence-electron chi connectivity index (χ3n) is 5.44. The highest BCUT2D eigenvalue weighted by Crippen LogP contribution is 2.38. The Morgan fingerprint density at radius 2 is 1.83 bits per heavy atom. The number of carbonyl (C=O) groups excluding carboxylic acids is 1. The minimum atomic E-state index is -0.0303. The van der Waals surface area contributed by atoms with Crippen LogP contribution in [0.4, 0.5) is 5.69 Å². The Hall–Kier alpha value is -2.30. The molecule has 0 unspecified atom stereocenters. The van der Waals surface area contributed by atoms with E-state index >= 15 is 0 Å². The second kappa shape index (κ2) is 12.3. The number of benzene rings is 3. The number of thioether (sulfide) groups is 1. The Morgan fingerprint density at radius 3 is 2.50 bits per heavy atom. The molecule has 0 aliphatic carbocycles. The van der Waals surface area contributed by atoms with Crippen molar-refractivity contribution in [3.63, 3.8) is 0 Å². The van der Waals surface area contributed by atoms with Crippen LogP contribution in [0.5, 0.6) is 11.5 Å². The molecule has 3 aromatic rings. The van der Waals surface area contributed by atoms with Gasteiger partial charge >= 0.3 is 0 Å². The van der Waals surface area contributed by atoms with Crippen LogP contribution in [0.2, 0.25) is 0 Å². The summed E-state index contributed by atoms with van der Waals surface area (Å²) in [4.78, 5) is 20.4. The van der Waals surface area contributed by atoms with Crippen LogP contribution in [-0.4, -0.2) is 29.6 Å². The Morgan fingerprint density at radius 1 is 1.11 bits per heavy atom. The third kappa shape index (κ3) is 6.52. The first-order valence-electron chi connectivity index (χ1n) is 11.5. The summed E-state index contributed by atoms with van der Waals surface area (Å²) in [7, 11) is 1.62. The van der Waals surface area contributed by atoms with Crippen LogP contribution >= 0.6 is 50.3 Å². The second-order valence-electron chi connectivity index (χ2n) is 8.25. The summed E-state index contributed by atoms with van der Waals surface area (Å²) in [5.41, 5.74) is 3.94. The fourth-order valence-corrected chi connectivity index (χ4v) is 5.66. The van der Waals surface area contributed by atoms with Crippen molar-refractivity contribution in [3.05, 3.63) is 90.3 Å². The fourth-order valence-electron chi connectivity index (χ4n) is 3.59. The van der Waals surface area contributed by atoms with E-state index in [9.17, 15) is 4.79 Å². The van der Waals surface area contributed by atoms with Crippen LogP contribution in [0.15, 0.2) is 75.0 Å². The van der Waals surface area contributed by atoms with Gasteiger partial charge in [-0.25, -0.2) is 4.99 Å². The summed E-state index contributed by atoms with van der Waals surface area (Å²) in [5.74, 6) is 1.28. The molecular formula is C28H26BrIN2O3S. The van der Waals surface area contributed by atoms with E-state index in [0.29, 0.717) is 34.7 Å². The lowest BCUT2D eigenvalue weighted by Crippen LogP contribution is -2.29. The van der Waals surface area contributed by atoms with Gasteiger partial charge in [0.1, 0.15) is 6.61 Å². The summed E-state index contributed by atoms with van der Waals surface area (Å²) in [5, 5.41) is 0.702. The first kappa shape index (κ1) is 26.8. The lowest BCUT2D eigenvalue weighted by atomic mass is 10.1. The van der Waals surface area contributed by atoms with E-state index in [-0.39, 0.29) is 5.91 Å². The van der Waals surface area contributed by atoms with E-state index in [4.69, 9.17) is 14.5 Å². The van der Waals surface area contributed by atoms with Crippen LogP contribution in [0.3, 0.4) is 0 Å². The van der Waals surface area contributed by atoms with Crippen molar-refractivity contribution < 1.29 is 14.3 Å². The van der Waals surface area contributed by atoms with E-state index in [1.165, 1.54) is 17.3 Å². The molecule has 1 heterocycles. The van der Waals surface area contributed by atoms with Crippen LogP contribution in [0.1, 0.15) is 30.0 Å². The number of carbonyl (C=O) groups is 1. The Labute approximate surface area is 238 Å². The van der Waals surface area contributed by atoms with Gasteiger partial charge in [-0.3, -0.25) is 9.69 Å². The molecule has 36 heavy (non-hydrogen) atoms. The van der Waals surface area contributed by atoms with Crippen molar-refractivity contribution >= 4 is 73.1 Å². The highest BCUT2D eigenvalue weighted by molar-refractivity contribution is 14.1. The normalized spacial score (nSPS) is 15.7. The first-order valence-corrected chi connectivity index (χ1v) is 14.2. The monoisotopic (exact) mass is 676 g/mol. The van der Waals surface area contributed by atoms with E-state index in [1.54, 1.807) is 12.0 Å². The topological polar surface area (TPSA) is 51.1 Å². The quantitative estimate of drug-likeness (QED) is 0.179. The van der Waals surface area contributed by atoms with E-state index in [0.717, 1.165) is 31.3 Å². The molecule has 0 radical (unpaired) electrons. The maximum atomic E-state index is 13.2. The van der Waals surface area contributed by atoms with E-state index < -0.39 is 0 Å². The average Bonchev–Trinajstić information content (AvgIpc) is 3.14. The molecule has 4 rings (SSSR count). The van der Waals surface area contributed by atoms with Gasteiger partial charge in [0.05, 0.1) is 21.3 Å². The standard InChI is InChI=1S/C28H26BrIN2O3S/c1-4-13-32-27(33)25(36-28(32)31-22-11-5-18(2)6-12-22)16-20-14-23(30)26(24(15-20)34-3)35-17-19-7-9-21(29)10-8-19/h5-12,14-16H,4,13,17H2,1-3H3/b25-16+,31-28?. The molecule has 8 heteroatoms. The molecular weight excluding hydrogens is 651 g/mol. The zero-order chi connectivity index (χ0) is 25.7. The molecule has 0 spiro atoms. The number of aliphatic imine (C=N–C) groups is 1. The summed E-state index contributed by atoms with van der Waals surface area (Å²) in [6.07, 6.45) is 2.75. The van der Waals surface area contributed by atoms with Gasteiger partial charge in [0.2, 0.25) is 0 Å². The van der Waals surface area contributed by atoms with E-state index in [1.807, 2.05) is 73.7 Å². The Balaban J connectivity index is 1.59. The predicted octanol–water partition coefficient (Wildman–Crippen LogP) is 7.96. The molecule has 0 N–H and O–H groups in total. The molecule has 3 aromatic carbocycles. The van der Waals surface area contributed by atoms with Gasteiger partial charge in [0.25, 0.3) is 5.91 Å². The van der Waals surface area contributed by atoms with Gasteiger partial charge in [-0.1, -0.05) is 52.7 Å². The number of halogens is 2. The van der Waals surface area contributed by atoms with Crippen molar-refractivity contribution in [2.24, 2.45) is 4.99 Å². The zero-order valence-electron chi connectivity index (χ0n) is 20.3. The van der Waals surface area contributed by atoms with Crippen molar-refractivity contribution in [3.8, 4) is 11.5 Å². The van der Waals surface area contributed by atoms with Crippen molar-refractivity contribution in [1.29, 1.82) is 0 Å². The van der Waals surface area contributed by atoms with Gasteiger partial charge in [-0.05, 0) is 101 Å². The van der Waals surface area contributed by atoms with Gasteiger partial charge in [-0.2, -0.15) is 0 Å². The molecule has 186 valence electrons. The zero-order valence-corrected chi connectivity index (χ0v) is 24.8. The smallest absolute Gasteiger partial charge is 0.266 e. The fraction of sp³-hybridized carbons (Fsp3) is 0.214. The molecule has 1 amide bonds. The summed E-state index contributed by atoms with van der Waals surface area (Å²) >= 11 is 7.10. The minimum Gasteiger partial charge on any atom is -0.493 e. The van der Waals surface area contributed by atoms with Gasteiger partial charge in [0, 0.05) is 11.0 Å². The minimum absolute atomic E-state index is 0.0303. The number of nitrogens with zero attached hydrogens (tertiary/aromatic N) is 2. The highest BCUT2D eigenvalue weighted by atomic mass is 127. The number of rotatable bonds is 8. The number of methoxy groups -OCH3 is 1. The molecule has 1 saturated heterocycles. The second-order valence-corrected chi connectivity index (χ2v) is 11.3. The molecule has 0 atom stereocenters. The van der Waals surface area contributed by atoms with Gasteiger partial charge < -0.3 is 9.47 Å². The molecule has 0 bridgehead atoms. The molecule has 0 aromatic heterocycles. The molecule has 1 fully saturated rings. The van der Waals surface area contributed by atoms with Gasteiger partial charge in [-0.15, -0.1) is 0 Å². The van der Waals surface area contributed by atoms with Crippen LogP contribution in [0.25, 0.3) is 6.08 Å². The number of ether oxygens (including phenoxy) is 2. The number of hydrogen-bond donors (Lipinski definition) is 0. The molecule has 1 aliphatic rings. The van der Waals surface area contributed by atoms with Crippen LogP contribution < -0.4 is 9.47 Å². The predicted molar refractivity (Wildman–Crippen MR) is 160 cm³/mol. The number of amides is 1. The maximum Gasteiger partial charge on any atom is 0.266 e. The van der Waals surface area contributed by atoms with Crippen LogP contribution in [-0.2, 0) is 11.4 Å². The highest BCUT2D eigenvalue weighted by Gasteiger charge is 2.33. The van der Waals surface area contributed by atoms with Crippen molar-refractivity contribution in [2.45, 2.75) is 26.9 Å². The van der Waals surface area contributed by atoms with Gasteiger partial charge in [0.15, 0.2) is 16.7 Å². The number of hydrogen-bond acceptors (Lipinski definition) is 5. The largest absolute Gasteiger partial charge is 0.493 e. The van der Waals surface area contributed by atoms with Crippen molar-refractivity contribution in [1.82, 2.24) is 4.90 Å². The lowest BCUT2D eigenvalue weighted by Gasteiger charge is -2.14. The Kier molecular flexibility index (Phi) is 9.14. The molecule has 1 aliphatic heterocycles. The number of aryl methyl sites for hydroxylation is 1. The SMILES string of the molecule is CCCN1C(=O)/C(=C\c2cc(I)c(OCc3ccc(Br)cc3)c(OC)c2)SC1=Nc1ccc(C)cc1. The van der Waals surface area contributed by atoms with E-state index in [2.05, 4.69) is 45.4 Å². The summed E-state index contributed by atoms with van der Waals surface area (Å²) < 4.78 is 13.7. The average molecular weight is 677 g/mol. The number of amidine groups is 1. The Bertz CT molecular complexity index is 1310.